The first-order chi connectivity index (χ1) is 15.6. The van der Waals surface area contributed by atoms with Crippen LogP contribution in [-0.4, -0.2) is 37.2 Å². The lowest BCUT2D eigenvalue weighted by Gasteiger charge is -2.14. The van der Waals surface area contributed by atoms with Crippen LogP contribution in [0.25, 0.3) is 22.4 Å². The molecule has 2 N–H and O–H groups in total. The highest BCUT2D eigenvalue weighted by Crippen LogP contribution is 2.38. The average molecular weight is 431 g/mol. The molecule has 0 spiro atoms. The smallest absolute Gasteiger partial charge is 0.224 e. The molecule has 0 unspecified atom stereocenters. The number of aromatic nitrogens is 2. The maximum Gasteiger partial charge on any atom is 0.224 e. The summed E-state index contributed by atoms with van der Waals surface area (Å²) in [7, 11) is 4.71. The highest BCUT2D eigenvalue weighted by molar-refractivity contribution is 5.91. The number of amides is 1. The predicted molar refractivity (Wildman–Crippen MR) is 125 cm³/mol. The zero-order valence-corrected chi connectivity index (χ0v) is 18.3. The number of nitrogens with zero attached hydrogens (tertiary/aromatic N) is 1. The summed E-state index contributed by atoms with van der Waals surface area (Å²) in [6, 6.07) is 19.2. The van der Waals surface area contributed by atoms with Crippen LogP contribution in [0.4, 0.5) is 5.69 Å². The Balaban J connectivity index is 1.39. The fourth-order valence-corrected chi connectivity index (χ4v) is 3.56. The van der Waals surface area contributed by atoms with Crippen LogP contribution in [-0.2, 0) is 11.2 Å². The maximum atomic E-state index is 12.5. The third kappa shape index (κ3) is 4.51. The summed E-state index contributed by atoms with van der Waals surface area (Å²) in [6.45, 7) is 0. The van der Waals surface area contributed by atoms with Crippen LogP contribution in [0.3, 0.4) is 0 Å². The third-order valence-corrected chi connectivity index (χ3v) is 5.20. The van der Waals surface area contributed by atoms with Gasteiger partial charge in [-0.3, -0.25) is 4.79 Å². The highest BCUT2D eigenvalue weighted by atomic mass is 16.5. The Morgan fingerprint density at radius 1 is 0.938 bits per heavy atom. The molecule has 4 rings (SSSR count). The summed E-state index contributed by atoms with van der Waals surface area (Å²) in [5, 5.41) is 2.94. The minimum absolute atomic E-state index is 0.0739. The average Bonchev–Trinajstić information content (AvgIpc) is 3.26. The molecule has 0 saturated heterocycles. The van der Waals surface area contributed by atoms with Crippen molar-refractivity contribution in [2.24, 2.45) is 0 Å². The first-order valence-corrected chi connectivity index (χ1v) is 10.2. The number of ether oxygens (including phenoxy) is 3. The molecular weight excluding hydrogens is 406 g/mol. The maximum absolute atomic E-state index is 12.5. The predicted octanol–water partition coefficient (Wildman–Crippen LogP) is 4.83. The second kappa shape index (κ2) is 9.43. The minimum atomic E-state index is -0.0739. The number of rotatable bonds is 8. The van der Waals surface area contributed by atoms with Gasteiger partial charge < -0.3 is 24.5 Å². The Labute approximate surface area is 186 Å². The van der Waals surface area contributed by atoms with Gasteiger partial charge in [0.2, 0.25) is 11.7 Å². The highest BCUT2D eigenvalue weighted by Gasteiger charge is 2.14. The molecule has 164 valence electrons. The van der Waals surface area contributed by atoms with Crippen molar-refractivity contribution in [3.8, 4) is 28.6 Å². The van der Waals surface area contributed by atoms with E-state index in [4.69, 9.17) is 14.2 Å². The molecule has 0 radical (unpaired) electrons. The monoisotopic (exact) mass is 431 g/mol. The second-order valence-corrected chi connectivity index (χ2v) is 7.26. The van der Waals surface area contributed by atoms with Crippen LogP contribution in [0.1, 0.15) is 12.0 Å². The van der Waals surface area contributed by atoms with Crippen LogP contribution in [0.15, 0.2) is 60.7 Å². The van der Waals surface area contributed by atoms with E-state index in [-0.39, 0.29) is 5.91 Å². The molecule has 0 fully saturated rings. The van der Waals surface area contributed by atoms with Crippen LogP contribution < -0.4 is 19.5 Å². The number of aromatic amines is 1. The van der Waals surface area contributed by atoms with Crippen molar-refractivity contribution in [3.63, 3.8) is 0 Å². The molecule has 7 heteroatoms. The number of hydrogen-bond donors (Lipinski definition) is 2. The summed E-state index contributed by atoms with van der Waals surface area (Å²) in [6.07, 6.45) is 0.865. The fraction of sp³-hybridized carbons (Fsp3) is 0.200. The number of para-hydroxylation sites is 2. The van der Waals surface area contributed by atoms with E-state index in [9.17, 15) is 4.79 Å². The largest absolute Gasteiger partial charge is 0.493 e. The Bertz CT molecular complexity index is 1170. The van der Waals surface area contributed by atoms with E-state index in [0.717, 1.165) is 33.7 Å². The summed E-state index contributed by atoms with van der Waals surface area (Å²) < 4.78 is 16.1. The van der Waals surface area contributed by atoms with Crippen molar-refractivity contribution in [2.75, 3.05) is 26.6 Å². The van der Waals surface area contributed by atoms with Crippen molar-refractivity contribution in [3.05, 3.63) is 66.2 Å². The Kier molecular flexibility index (Phi) is 6.26. The van der Waals surface area contributed by atoms with Gasteiger partial charge in [0.15, 0.2) is 11.5 Å². The number of benzene rings is 3. The van der Waals surface area contributed by atoms with Gasteiger partial charge in [-0.25, -0.2) is 4.98 Å². The topological polar surface area (TPSA) is 85.5 Å². The molecule has 0 aliphatic carbocycles. The van der Waals surface area contributed by atoms with Gasteiger partial charge in [0.1, 0.15) is 5.82 Å². The number of methoxy groups -OCH3 is 3. The van der Waals surface area contributed by atoms with Crippen LogP contribution >= 0.6 is 0 Å². The molecule has 1 aromatic heterocycles. The van der Waals surface area contributed by atoms with Gasteiger partial charge in [-0.05, 0) is 60.5 Å². The zero-order valence-electron chi connectivity index (χ0n) is 18.3. The number of imidazole rings is 1. The van der Waals surface area contributed by atoms with E-state index < -0.39 is 0 Å². The van der Waals surface area contributed by atoms with Gasteiger partial charge in [0.05, 0.1) is 32.4 Å². The standard InChI is InChI=1S/C25H25N3O4/c1-30-21-14-16(15-22(31-2)24(21)32-3)8-13-23(29)26-18-11-9-17(10-12-18)25-27-19-6-4-5-7-20(19)28-25/h4-7,9-12,14-15H,8,13H2,1-3H3,(H,26,29)(H,27,28). The van der Waals surface area contributed by atoms with Gasteiger partial charge in [-0.15, -0.1) is 0 Å². The molecule has 1 amide bonds. The SMILES string of the molecule is COc1cc(CCC(=O)Nc2ccc(-c3nc4ccccc4[nH]3)cc2)cc(OC)c1OC. The Morgan fingerprint density at radius 3 is 2.25 bits per heavy atom. The second-order valence-electron chi connectivity index (χ2n) is 7.26. The van der Waals surface area contributed by atoms with Gasteiger partial charge >= 0.3 is 0 Å². The van der Waals surface area contributed by atoms with Gasteiger partial charge in [-0.1, -0.05) is 12.1 Å². The van der Waals surface area contributed by atoms with E-state index in [0.29, 0.717) is 30.1 Å². The number of hydrogen-bond acceptors (Lipinski definition) is 5. The van der Waals surface area contributed by atoms with E-state index in [2.05, 4.69) is 15.3 Å². The number of H-pyrrole nitrogens is 1. The van der Waals surface area contributed by atoms with Gasteiger partial charge in [-0.2, -0.15) is 0 Å². The zero-order chi connectivity index (χ0) is 22.5. The molecule has 0 saturated carbocycles. The molecule has 1 heterocycles. The van der Waals surface area contributed by atoms with E-state index >= 15 is 0 Å². The molecule has 0 aliphatic rings. The van der Waals surface area contributed by atoms with Crippen molar-refractivity contribution < 1.29 is 19.0 Å². The van der Waals surface area contributed by atoms with Gasteiger partial charge in [0, 0.05) is 17.7 Å². The van der Waals surface area contributed by atoms with Crippen molar-refractivity contribution in [1.29, 1.82) is 0 Å². The lowest BCUT2D eigenvalue weighted by atomic mass is 10.1. The number of carbonyl (C=O) groups is 1. The molecule has 0 aliphatic heterocycles. The van der Waals surface area contributed by atoms with Crippen LogP contribution in [0.2, 0.25) is 0 Å². The van der Waals surface area contributed by atoms with E-state index in [1.54, 1.807) is 21.3 Å². The summed E-state index contributed by atoms with van der Waals surface area (Å²) in [4.78, 5) is 20.4. The number of nitrogens with one attached hydrogen (secondary N) is 2. The van der Waals surface area contributed by atoms with Gasteiger partial charge in [0.25, 0.3) is 0 Å². The fourth-order valence-electron chi connectivity index (χ4n) is 3.56. The molecular formula is C25H25N3O4. The number of carbonyl (C=O) groups excluding carboxylic acids is 1. The number of fused-ring (bicyclic) bond motifs is 1. The molecule has 7 nitrogen and oxygen atoms in total. The Morgan fingerprint density at radius 2 is 1.62 bits per heavy atom. The van der Waals surface area contributed by atoms with Crippen LogP contribution in [0, 0.1) is 0 Å². The van der Waals surface area contributed by atoms with E-state index in [1.165, 1.54) is 0 Å². The quantitative estimate of drug-likeness (QED) is 0.417. The molecule has 4 aromatic rings. The lowest BCUT2D eigenvalue weighted by Crippen LogP contribution is -2.12. The molecule has 3 aromatic carbocycles. The van der Waals surface area contributed by atoms with E-state index in [1.807, 2.05) is 60.7 Å². The first kappa shape index (κ1) is 21.2. The minimum Gasteiger partial charge on any atom is -0.493 e. The number of anilines is 1. The van der Waals surface area contributed by atoms with Crippen molar-refractivity contribution >= 4 is 22.6 Å². The molecule has 0 atom stereocenters. The van der Waals surface area contributed by atoms with Crippen LogP contribution in [0.5, 0.6) is 17.2 Å². The Hall–Kier alpha value is -4.00. The van der Waals surface area contributed by atoms with Crippen molar-refractivity contribution in [2.45, 2.75) is 12.8 Å². The summed E-state index contributed by atoms with van der Waals surface area (Å²) in [5.41, 5.74) is 4.53. The third-order valence-electron chi connectivity index (χ3n) is 5.20. The normalized spacial score (nSPS) is 10.7. The van der Waals surface area contributed by atoms with Crippen molar-refractivity contribution in [1.82, 2.24) is 9.97 Å². The summed E-state index contributed by atoms with van der Waals surface area (Å²) in [5.74, 6) is 2.40. The lowest BCUT2D eigenvalue weighted by molar-refractivity contribution is -0.116. The summed E-state index contributed by atoms with van der Waals surface area (Å²) >= 11 is 0. The molecule has 0 bridgehead atoms. The number of aryl methyl sites for hydroxylation is 1. The first-order valence-electron chi connectivity index (χ1n) is 10.2. The molecule has 32 heavy (non-hydrogen) atoms.